The number of ether oxygens (including phenoxy) is 1. The van der Waals surface area contributed by atoms with Crippen molar-refractivity contribution in [2.24, 2.45) is 5.92 Å². The van der Waals surface area contributed by atoms with Crippen LogP contribution in [0.4, 0.5) is 0 Å². The summed E-state index contributed by atoms with van der Waals surface area (Å²) in [5.41, 5.74) is 1.57. The van der Waals surface area contributed by atoms with Crippen molar-refractivity contribution in [2.75, 3.05) is 26.2 Å². The molecular formula is C26H33BrN2O3. The summed E-state index contributed by atoms with van der Waals surface area (Å²) in [6.07, 6.45) is 2.05. The molecule has 0 radical (unpaired) electrons. The smallest absolute Gasteiger partial charge is 0.257 e. The van der Waals surface area contributed by atoms with Crippen molar-refractivity contribution >= 4 is 27.7 Å². The van der Waals surface area contributed by atoms with Crippen LogP contribution in [0.25, 0.3) is 0 Å². The van der Waals surface area contributed by atoms with Gasteiger partial charge >= 0.3 is 0 Å². The number of nitrogens with zero attached hydrogens (tertiary/aromatic N) is 2. The highest BCUT2D eigenvalue weighted by molar-refractivity contribution is 9.10. The molecule has 0 saturated carbocycles. The minimum atomic E-state index is -0.0742. The van der Waals surface area contributed by atoms with Gasteiger partial charge in [0.15, 0.2) is 0 Å². The van der Waals surface area contributed by atoms with Crippen LogP contribution in [0.15, 0.2) is 53.0 Å². The minimum Gasteiger partial charge on any atom is -0.491 e. The zero-order chi connectivity index (χ0) is 23.1. The molecule has 0 aliphatic carbocycles. The molecule has 2 aromatic rings. The van der Waals surface area contributed by atoms with Crippen LogP contribution in [0.2, 0.25) is 0 Å². The van der Waals surface area contributed by atoms with Gasteiger partial charge in [0.25, 0.3) is 5.91 Å². The summed E-state index contributed by atoms with van der Waals surface area (Å²) in [6, 6.07) is 15.2. The summed E-state index contributed by atoms with van der Waals surface area (Å²) >= 11 is 3.57. The predicted octanol–water partition coefficient (Wildman–Crippen LogP) is 5.18. The molecule has 0 N–H and O–H groups in total. The van der Waals surface area contributed by atoms with Crippen molar-refractivity contribution in [1.82, 2.24) is 9.80 Å². The number of carbonyl (C=O) groups excluding carboxylic acids is 2. The van der Waals surface area contributed by atoms with E-state index in [-0.39, 0.29) is 23.8 Å². The van der Waals surface area contributed by atoms with Crippen LogP contribution >= 0.6 is 15.9 Å². The molecule has 1 aliphatic rings. The molecule has 1 atom stereocenters. The van der Waals surface area contributed by atoms with E-state index in [9.17, 15) is 9.59 Å². The number of para-hydroxylation sites is 1. The number of fused-ring (bicyclic) bond motifs is 1. The van der Waals surface area contributed by atoms with Gasteiger partial charge in [-0.25, -0.2) is 0 Å². The molecule has 0 aromatic heterocycles. The first-order valence-electron chi connectivity index (χ1n) is 11.5. The second kappa shape index (κ2) is 11.5. The van der Waals surface area contributed by atoms with Gasteiger partial charge in [0.2, 0.25) is 5.91 Å². The summed E-state index contributed by atoms with van der Waals surface area (Å²) in [5.74, 6) is 0.913. The number of amides is 2. The molecule has 32 heavy (non-hydrogen) atoms. The van der Waals surface area contributed by atoms with Crippen molar-refractivity contribution in [3.63, 3.8) is 0 Å². The largest absolute Gasteiger partial charge is 0.491 e. The van der Waals surface area contributed by atoms with Gasteiger partial charge in [-0.05, 0) is 49.4 Å². The van der Waals surface area contributed by atoms with Gasteiger partial charge in [-0.1, -0.05) is 60.1 Å². The zero-order valence-corrected chi connectivity index (χ0v) is 20.8. The Morgan fingerprint density at radius 1 is 1.09 bits per heavy atom. The van der Waals surface area contributed by atoms with Gasteiger partial charge in [-0.15, -0.1) is 0 Å². The maximum Gasteiger partial charge on any atom is 0.257 e. The number of hydrogen-bond donors (Lipinski definition) is 0. The Balaban J connectivity index is 1.89. The average molecular weight is 501 g/mol. The van der Waals surface area contributed by atoms with Gasteiger partial charge in [-0.2, -0.15) is 0 Å². The monoisotopic (exact) mass is 500 g/mol. The van der Waals surface area contributed by atoms with Gasteiger partial charge in [-0.3, -0.25) is 9.59 Å². The first-order valence-corrected chi connectivity index (χ1v) is 12.3. The van der Waals surface area contributed by atoms with Gasteiger partial charge in [0.1, 0.15) is 12.4 Å². The molecular weight excluding hydrogens is 468 g/mol. The molecule has 172 valence electrons. The van der Waals surface area contributed by atoms with E-state index in [4.69, 9.17) is 4.74 Å². The lowest BCUT2D eigenvalue weighted by molar-refractivity contribution is -0.134. The lowest BCUT2D eigenvalue weighted by Crippen LogP contribution is -2.48. The first kappa shape index (κ1) is 24.3. The molecule has 3 rings (SSSR count). The Morgan fingerprint density at radius 3 is 2.50 bits per heavy atom. The molecule has 0 spiro atoms. The van der Waals surface area contributed by atoms with Crippen LogP contribution in [-0.4, -0.2) is 53.9 Å². The van der Waals surface area contributed by atoms with E-state index >= 15 is 0 Å². The molecule has 5 nitrogen and oxygen atoms in total. The van der Waals surface area contributed by atoms with Crippen molar-refractivity contribution < 1.29 is 14.3 Å². The fourth-order valence-electron chi connectivity index (χ4n) is 4.13. The third-order valence-corrected chi connectivity index (χ3v) is 6.84. The molecule has 0 unspecified atom stereocenters. The molecule has 1 aliphatic heterocycles. The quantitative estimate of drug-likeness (QED) is 0.580. The standard InChI is InChI=1S/C26H33BrN2O3/c1-4-28-15-9-10-16-29(25(30)17-20-11-5-7-13-22(20)27)23(19(2)3)18-32-24-14-8-6-12-21(24)26(28)31/h5-8,11-14,19,23H,4,9-10,15-18H2,1-3H3/t23-/m1/s1. The van der Waals surface area contributed by atoms with Gasteiger partial charge in [0.05, 0.1) is 18.0 Å². The third-order valence-electron chi connectivity index (χ3n) is 6.06. The third kappa shape index (κ3) is 5.91. The zero-order valence-electron chi connectivity index (χ0n) is 19.2. The molecule has 6 heteroatoms. The normalized spacial score (nSPS) is 17.9. The molecule has 2 aromatic carbocycles. The van der Waals surface area contributed by atoms with Crippen LogP contribution in [0, 0.1) is 5.92 Å². The highest BCUT2D eigenvalue weighted by atomic mass is 79.9. The SMILES string of the molecule is CCN1CCCCN(C(=O)Cc2ccccc2Br)[C@@H](C(C)C)COc2ccccc2C1=O. The van der Waals surface area contributed by atoms with E-state index in [0.29, 0.717) is 44.0 Å². The van der Waals surface area contributed by atoms with E-state index in [0.717, 1.165) is 22.9 Å². The summed E-state index contributed by atoms with van der Waals surface area (Å²) in [5, 5.41) is 0. The van der Waals surface area contributed by atoms with Gasteiger partial charge in [0, 0.05) is 24.1 Å². The Kier molecular flexibility index (Phi) is 8.74. The number of hydrogen-bond acceptors (Lipinski definition) is 3. The Hall–Kier alpha value is -2.34. The fourth-order valence-corrected chi connectivity index (χ4v) is 4.55. The topological polar surface area (TPSA) is 49.9 Å². The lowest BCUT2D eigenvalue weighted by atomic mass is 10.0. The van der Waals surface area contributed by atoms with Gasteiger partial charge < -0.3 is 14.5 Å². The fraction of sp³-hybridized carbons (Fsp3) is 0.462. The Morgan fingerprint density at radius 2 is 1.78 bits per heavy atom. The molecule has 0 saturated heterocycles. The minimum absolute atomic E-state index is 0.00614. The maximum atomic E-state index is 13.5. The number of benzene rings is 2. The average Bonchev–Trinajstić information content (AvgIpc) is 2.78. The van der Waals surface area contributed by atoms with E-state index in [1.807, 2.05) is 65.3 Å². The van der Waals surface area contributed by atoms with Crippen molar-refractivity contribution in [2.45, 2.75) is 46.1 Å². The van der Waals surface area contributed by atoms with Crippen LogP contribution in [-0.2, 0) is 11.2 Å². The number of rotatable bonds is 4. The lowest BCUT2D eigenvalue weighted by Gasteiger charge is -2.35. The number of halogens is 1. The van der Waals surface area contributed by atoms with Crippen molar-refractivity contribution in [3.05, 3.63) is 64.1 Å². The molecule has 0 bridgehead atoms. The van der Waals surface area contributed by atoms with Crippen LogP contribution < -0.4 is 4.74 Å². The van der Waals surface area contributed by atoms with E-state index in [1.165, 1.54) is 0 Å². The second-order valence-electron chi connectivity index (χ2n) is 8.57. The maximum absolute atomic E-state index is 13.5. The Bertz CT molecular complexity index is 931. The summed E-state index contributed by atoms with van der Waals surface area (Å²) in [6.45, 7) is 8.56. The number of carbonyl (C=O) groups is 2. The first-order chi connectivity index (χ1) is 15.4. The van der Waals surface area contributed by atoms with Crippen LogP contribution in [0.5, 0.6) is 5.75 Å². The van der Waals surface area contributed by atoms with E-state index < -0.39 is 0 Å². The summed E-state index contributed by atoms with van der Waals surface area (Å²) in [4.78, 5) is 30.4. The summed E-state index contributed by atoms with van der Waals surface area (Å²) in [7, 11) is 0. The Labute approximate surface area is 199 Å². The van der Waals surface area contributed by atoms with Crippen molar-refractivity contribution in [1.29, 1.82) is 0 Å². The summed E-state index contributed by atoms with van der Waals surface area (Å²) < 4.78 is 7.15. The van der Waals surface area contributed by atoms with Crippen LogP contribution in [0.1, 0.15) is 49.5 Å². The predicted molar refractivity (Wildman–Crippen MR) is 131 cm³/mol. The van der Waals surface area contributed by atoms with E-state index in [2.05, 4.69) is 29.8 Å². The second-order valence-corrected chi connectivity index (χ2v) is 9.42. The van der Waals surface area contributed by atoms with Crippen LogP contribution in [0.3, 0.4) is 0 Å². The molecule has 2 amide bonds. The van der Waals surface area contributed by atoms with E-state index in [1.54, 1.807) is 0 Å². The molecule has 1 heterocycles. The molecule has 0 fully saturated rings. The highest BCUT2D eigenvalue weighted by Gasteiger charge is 2.29. The van der Waals surface area contributed by atoms with Crippen molar-refractivity contribution in [3.8, 4) is 5.75 Å². The highest BCUT2D eigenvalue weighted by Crippen LogP contribution is 2.24.